The Morgan fingerprint density at radius 3 is 2.57 bits per heavy atom. The number of ether oxygens (including phenoxy) is 1. The fourth-order valence-corrected chi connectivity index (χ4v) is 4.38. The van der Waals surface area contributed by atoms with Gasteiger partial charge in [-0.2, -0.15) is 0 Å². The van der Waals surface area contributed by atoms with Crippen molar-refractivity contribution < 1.29 is 14.3 Å². The Morgan fingerprint density at radius 2 is 1.74 bits per heavy atom. The standard InChI is InChI=1S/C18H30N2O3/c21-17-15-6-4-13(5-7-15)8-9-23-12-20-16-3-1-2-14(10-16)11-19-18(17)22/h13-16,20H,1-12H2,(H,19,22). The number of fused-ring (bicyclic) bond motifs is 9. The lowest BCUT2D eigenvalue weighted by Gasteiger charge is -2.31. The first-order valence-electron chi connectivity index (χ1n) is 9.35. The zero-order valence-electron chi connectivity index (χ0n) is 14.0. The van der Waals surface area contributed by atoms with Gasteiger partial charge in [0, 0.05) is 25.1 Å². The molecule has 4 rings (SSSR count). The molecule has 1 amide bonds. The number of rotatable bonds is 0. The summed E-state index contributed by atoms with van der Waals surface area (Å²) in [5, 5.41) is 6.40. The predicted molar refractivity (Wildman–Crippen MR) is 87.8 cm³/mol. The number of amides is 1. The van der Waals surface area contributed by atoms with Crippen molar-refractivity contribution >= 4 is 11.7 Å². The molecule has 0 spiro atoms. The Morgan fingerprint density at radius 1 is 0.913 bits per heavy atom. The normalized spacial score (nSPS) is 37.4. The van der Waals surface area contributed by atoms with Crippen LogP contribution in [0, 0.1) is 17.8 Å². The molecule has 2 heterocycles. The highest BCUT2D eigenvalue weighted by molar-refractivity contribution is 6.36. The van der Waals surface area contributed by atoms with E-state index in [0.717, 1.165) is 51.6 Å². The van der Waals surface area contributed by atoms with Crippen molar-refractivity contribution in [1.29, 1.82) is 0 Å². The first-order valence-corrected chi connectivity index (χ1v) is 9.35. The summed E-state index contributed by atoms with van der Waals surface area (Å²) in [5.74, 6) is 0.535. The quantitative estimate of drug-likeness (QED) is 0.670. The van der Waals surface area contributed by atoms with Crippen LogP contribution in [0.3, 0.4) is 0 Å². The van der Waals surface area contributed by atoms with Crippen LogP contribution >= 0.6 is 0 Å². The Kier molecular flexibility index (Phi) is 6.06. The number of hydrogen-bond donors (Lipinski definition) is 2. The van der Waals surface area contributed by atoms with Crippen molar-refractivity contribution in [3.05, 3.63) is 0 Å². The molecule has 2 atom stereocenters. The highest BCUT2D eigenvalue weighted by atomic mass is 16.5. The van der Waals surface area contributed by atoms with Gasteiger partial charge >= 0.3 is 0 Å². The van der Waals surface area contributed by atoms with E-state index >= 15 is 0 Å². The zero-order chi connectivity index (χ0) is 16.1. The maximum absolute atomic E-state index is 12.3. The van der Waals surface area contributed by atoms with Gasteiger partial charge in [0.2, 0.25) is 5.78 Å². The molecule has 130 valence electrons. The van der Waals surface area contributed by atoms with E-state index in [1.165, 1.54) is 12.8 Å². The Balaban J connectivity index is 1.60. The van der Waals surface area contributed by atoms with Crippen LogP contribution in [-0.4, -0.2) is 37.6 Å². The lowest BCUT2D eigenvalue weighted by molar-refractivity contribution is -0.141. The third-order valence-corrected chi connectivity index (χ3v) is 5.92. The van der Waals surface area contributed by atoms with E-state index in [-0.39, 0.29) is 17.6 Å². The summed E-state index contributed by atoms with van der Waals surface area (Å²) in [6.07, 6.45) is 9.44. The van der Waals surface area contributed by atoms with Crippen LogP contribution in [0.4, 0.5) is 0 Å². The van der Waals surface area contributed by atoms with Crippen LogP contribution in [-0.2, 0) is 14.3 Å². The molecule has 0 aromatic carbocycles. The fraction of sp³-hybridized carbons (Fsp3) is 0.889. The van der Waals surface area contributed by atoms with Gasteiger partial charge in [0.15, 0.2) is 0 Å². The fourth-order valence-electron chi connectivity index (χ4n) is 4.38. The second-order valence-electron chi connectivity index (χ2n) is 7.57. The highest BCUT2D eigenvalue weighted by Crippen LogP contribution is 2.31. The number of nitrogens with one attached hydrogen (secondary N) is 2. The minimum Gasteiger partial charge on any atom is -0.366 e. The van der Waals surface area contributed by atoms with E-state index < -0.39 is 0 Å². The smallest absolute Gasteiger partial charge is 0.287 e. The summed E-state index contributed by atoms with van der Waals surface area (Å²) in [7, 11) is 0. The topological polar surface area (TPSA) is 67.4 Å². The van der Waals surface area contributed by atoms with Gasteiger partial charge in [0.05, 0.1) is 6.73 Å². The van der Waals surface area contributed by atoms with Crippen molar-refractivity contribution in [3.8, 4) is 0 Å². The first-order chi connectivity index (χ1) is 11.2. The van der Waals surface area contributed by atoms with Gasteiger partial charge in [-0.25, -0.2) is 0 Å². The number of carbonyl (C=O) groups is 2. The van der Waals surface area contributed by atoms with Crippen molar-refractivity contribution in [2.24, 2.45) is 17.8 Å². The maximum atomic E-state index is 12.3. The SMILES string of the molecule is O=C1NCC2CCCC(C2)NCOCCC2CCC(CC2)C1=O. The molecule has 0 aromatic heterocycles. The molecule has 5 heteroatoms. The third-order valence-electron chi connectivity index (χ3n) is 5.92. The molecular weight excluding hydrogens is 292 g/mol. The number of hydrogen-bond acceptors (Lipinski definition) is 4. The van der Waals surface area contributed by atoms with E-state index in [1.54, 1.807) is 0 Å². The molecule has 4 fully saturated rings. The van der Waals surface area contributed by atoms with E-state index in [0.29, 0.717) is 31.2 Å². The monoisotopic (exact) mass is 322 g/mol. The van der Waals surface area contributed by atoms with Crippen LogP contribution in [0.1, 0.15) is 57.8 Å². The van der Waals surface area contributed by atoms with Crippen LogP contribution in [0.2, 0.25) is 0 Å². The summed E-state index contributed by atoms with van der Waals surface area (Å²) < 4.78 is 5.77. The summed E-state index contributed by atoms with van der Waals surface area (Å²) in [6.45, 7) is 2.07. The molecule has 2 unspecified atom stereocenters. The minimum absolute atomic E-state index is 0.0548. The molecule has 2 saturated heterocycles. The molecule has 2 aliphatic carbocycles. The van der Waals surface area contributed by atoms with Gasteiger partial charge in [0.25, 0.3) is 5.91 Å². The molecule has 23 heavy (non-hydrogen) atoms. The van der Waals surface area contributed by atoms with Gasteiger partial charge in [-0.3, -0.25) is 14.9 Å². The van der Waals surface area contributed by atoms with E-state index in [4.69, 9.17) is 4.74 Å². The second-order valence-corrected chi connectivity index (χ2v) is 7.57. The Bertz CT molecular complexity index is 418. The van der Waals surface area contributed by atoms with Crippen LogP contribution in [0.25, 0.3) is 0 Å². The highest BCUT2D eigenvalue weighted by Gasteiger charge is 2.31. The second kappa shape index (κ2) is 8.25. The first kappa shape index (κ1) is 16.9. The molecule has 4 bridgehead atoms. The molecule has 5 nitrogen and oxygen atoms in total. The molecule has 2 N–H and O–H groups in total. The Labute approximate surface area is 138 Å². The van der Waals surface area contributed by atoms with Crippen molar-refractivity contribution in [1.82, 2.24) is 10.6 Å². The van der Waals surface area contributed by atoms with Crippen LogP contribution in [0.5, 0.6) is 0 Å². The lowest BCUT2D eigenvalue weighted by Crippen LogP contribution is -2.42. The number of Topliss-reactive ketones (excluding diaryl/α,β-unsaturated/α-hetero) is 1. The van der Waals surface area contributed by atoms with E-state index in [1.807, 2.05) is 0 Å². The molecular formula is C18H30N2O3. The van der Waals surface area contributed by atoms with Gasteiger partial charge in [-0.1, -0.05) is 6.42 Å². The van der Waals surface area contributed by atoms with E-state index in [2.05, 4.69) is 10.6 Å². The van der Waals surface area contributed by atoms with E-state index in [9.17, 15) is 9.59 Å². The van der Waals surface area contributed by atoms with Gasteiger partial charge < -0.3 is 10.1 Å². The van der Waals surface area contributed by atoms with Crippen molar-refractivity contribution in [3.63, 3.8) is 0 Å². The molecule has 0 aromatic rings. The lowest BCUT2D eigenvalue weighted by atomic mass is 9.78. The summed E-state index contributed by atoms with van der Waals surface area (Å²) >= 11 is 0. The van der Waals surface area contributed by atoms with Crippen LogP contribution < -0.4 is 10.6 Å². The molecule has 2 aliphatic heterocycles. The van der Waals surface area contributed by atoms with Crippen LogP contribution in [0.15, 0.2) is 0 Å². The molecule has 2 saturated carbocycles. The predicted octanol–water partition coefficient (Wildman–Crippen LogP) is 2.00. The number of carbonyl (C=O) groups excluding carboxylic acids is 2. The summed E-state index contributed by atoms with van der Waals surface area (Å²) in [4.78, 5) is 24.5. The third kappa shape index (κ3) is 4.77. The average molecular weight is 322 g/mol. The van der Waals surface area contributed by atoms with Crippen molar-refractivity contribution in [2.45, 2.75) is 63.8 Å². The zero-order valence-corrected chi connectivity index (χ0v) is 14.0. The van der Waals surface area contributed by atoms with Crippen molar-refractivity contribution in [2.75, 3.05) is 19.9 Å². The maximum Gasteiger partial charge on any atom is 0.287 e. The summed E-state index contributed by atoms with van der Waals surface area (Å²) in [5.41, 5.74) is 0. The van der Waals surface area contributed by atoms with Gasteiger partial charge in [-0.05, 0) is 63.2 Å². The van der Waals surface area contributed by atoms with Gasteiger partial charge in [-0.15, -0.1) is 0 Å². The minimum atomic E-state index is -0.348. The average Bonchev–Trinajstić information content (AvgIpc) is 2.59. The van der Waals surface area contributed by atoms with Gasteiger partial charge in [0.1, 0.15) is 0 Å². The summed E-state index contributed by atoms with van der Waals surface area (Å²) in [6, 6.07) is 0.478. The molecule has 0 radical (unpaired) electrons. The molecule has 4 aliphatic rings. The largest absolute Gasteiger partial charge is 0.366 e. The number of ketones is 1. The Hall–Kier alpha value is -0.940.